The van der Waals surface area contributed by atoms with Gasteiger partial charge in [-0.25, -0.2) is 0 Å². The van der Waals surface area contributed by atoms with Crippen LogP contribution in [0.4, 0.5) is 0 Å². The molecule has 92 valence electrons. The Morgan fingerprint density at radius 1 is 1.12 bits per heavy atom. The van der Waals surface area contributed by atoms with Gasteiger partial charge in [0.1, 0.15) is 0 Å². The standard InChI is InChI=1S/C15H22N2/c1-2-6-14(7-3-1)12-17-11-9-15(13-17)8-4-5-10-16-15/h1-3,6-7,16H,4-5,8-13H2. The smallest absolute Gasteiger partial charge is 0.0321 e. The van der Waals surface area contributed by atoms with Crippen LogP contribution in [-0.2, 0) is 6.54 Å². The van der Waals surface area contributed by atoms with Crippen molar-refractivity contribution in [2.24, 2.45) is 0 Å². The first-order valence-corrected chi connectivity index (χ1v) is 6.88. The van der Waals surface area contributed by atoms with Crippen LogP contribution >= 0.6 is 0 Å². The Morgan fingerprint density at radius 3 is 2.76 bits per heavy atom. The van der Waals surface area contributed by atoms with Gasteiger partial charge in [0.05, 0.1) is 0 Å². The lowest BCUT2D eigenvalue weighted by atomic mass is 9.88. The van der Waals surface area contributed by atoms with Crippen molar-refractivity contribution in [2.75, 3.05) is 19.6 Å². The third-order valence-electron chi connectivity index (χ3n) is 4.26. The molecule has 2 aliphatic heterocycles. The molecule has 1 spiro atoms. The van der Waals surface area contributed by atoms with Crippen LogP contribution in [0.25, 0.3) is 0 Å². The average molecular weight is 230 g/mol. The van der Waals surface area contributed by atoms with E-state index in [9.17, 15) is 0 Å². The van der Waals surface area contributed by atoms with Gasteiger partial charge in [0.25, 0.3) is 0 Å². The molecule has 17 heavy (non-hydrogen) atoms. The summed E-state index contributed by atoms with van der Waals surface area (Å²) in [6, 6.07) is 10.8. The number of rotatable bonds is 2. The molecule has 1 N–H and O–H groups in total. The summed E-state index contributed by atoms with van der Waals surface area (Å²) in [5, 5.41) is 3.77. The van der Waals surface area contributed by atoms with E-state index in [1.165, 1.54) is 50.9 Å². The Labute approximate surface area is 104 Å². The quantitative estimate of drug-likeness (QED) is 0.839. The molecule has 0 amide bonds. The maximum Gasteiger partial charge on any atom is 0.0321 e. The van der Waals surface area contributed by atoms with Crippen molar-refractivity contribution < 1.29 is 0 Å². The van der Waals surface area contributed by atoms with Gasteiger partial charge >= 0.3 is 0 Å². The Kier molecular flexibility index (Phi) is 3.17. The summed E-state index contributed by atoms with van der Waals surface area (Å²) >= 11 is 0. The van der Waals surface area contributed by atoms with Crippen LogP contribution in [0.1, 0.15) is 31.2 Å². The van der Waals surface area contributed by atoms with Gasteiger partial charge in [-0.15, -0.1) is 0 Å². The number of hydrogen-bond donors (Lipinski definition) is 1. The highest BCUT2D eigenvalue weighted by Crippen LogP contribution is 2.30. The molecule has 1 atom stereocenters. The summed E-state index contributed by atoms with van der Waals surface area (Å²) in [4.78, 5) is 2.60. The van der Waals surface area contributed by atoms with Gasteiger partial charge in [-0.2, -0.15) is 0 Å². The molecule has 2 saturated heterocycles. The molecule has 2 heteroatoms. The summed E-state index contributed by atoms with van der Waals surface area (Å²) in [5.41, 5.74) is 1.90. The molecule has 0 radical (unpaired) electrons. The number of nitrogens with one attached hydrogen (secondary N) is 1. The van der Waals surface area contributed by atoms with Crippen LogP contribution in [-0.4, -0.2) is 30.1 Å². The van der Waals surface area contributed by atoms with Gasteiger partial charge in [-0.05, 0) is 31.4 Å². The minimum Gasteiger partial charge on any atom is -0.310 e. The summed E-state index contributed by atoms with van der Waals surface area (Å²) in [5.74, 6) is 0. The zero-order valence-corrected chi connectivity index (χ0v) is 10.5. The Bertz CT molecular complexity index is 354. The first kappa shape index (κ1) is 11.2. The molecule has 1 unspecified atom stereocenters. The molecule has 0 aliphatic carbocycles. The van der Waals surface area contributed by atoms with Crippen LogP contribution in [0.15, 0.2) is 30.3 Å². The molecule has 2 aliphatic rings. The number of hydrogen-bond acceptors (Lipinski definition) is 2. The van der Waals surface area contributed by atoms with Crippen molar-refractivity contribution in [3.05, 3.63) is 35.9 Å². The number of nitrogens with zero attached hydrogens (tertiary/aromatic N) is 1. The summed E-state index contributed by atoms with van der Waals surface area (Å²) < 4.78 is 0. The van der Waals surface area contributed by atoms with Gasteiger partial charge < -0.3 is 5.32 Å². The average Bonchev–Trinajstić information content (AvgIpc) is 2.74. The second-order valence-electron chi connectivity index (χ2n) is 5.61. The molecule has 0 saturated carbocycles. The van der Waals surface area contributed by atoms with Crippen molar-refractivity contribution in [1.82, 2.24) is 10.2 Å². The van der Waals surface area contributed by atoms with E-state index in [4.69, 9.17) is 0 Å². The summed E-state index contributed by atoms with van der Waals surface area (Å²) in [6.07, 6.45) is 5.48. The normalized spacial score (nSPS) is 29.9. The van der Waals surface area contributed by atoms with Crippen molar-refractivity contribution in [3.63, 3.8) is 0 Å². The number of likely N-dealkylation sites (tertiary alicyclic amines) is 1. The first-order valence-electron chi connectivity index (χ1n) is 6.88. The lowest BCUT2D eigenvalue weighted by Gasteiger charge is -2.35. The largest absolute Gasteiger partial charge is 0.310 e. The van der Waals surface area contributed by atoms with Crippen molar-refractivity contribution in [2.45, 2.75) is 37.8 Å². The topological polar surface area (TPSA) is 15.3 Å². The maximum absolute atomic E-state index is 3.77. The van der Waals surface area contributed by atoms with Crippen LogP contribution in [0.3, 0.4) is 0 Å². The van der Waals surface area contributed by atoms with E-state index in [0.29, 0.717) is 5.54 Å². The van der Waals surface area contributed by atoms with Crippen molar-refractivity contribution in [3.8, 4) is 0 Å². The predicted octanol–water partition coefficient (Wildman–Crippen LogP) is 2.40. The third-order valence-corrected chi connectivity index (χ3v) is 4.26. The lowest BCUT2D eigenvalue weighted by molar-refractivity contribution is 0.234. The van der Waals surface area contributed by atoms with Gasteiger partial charge in [0, 0.05) is 25.2 Å². The van der Waals surface area contributed by atoms with Gasteiger partial charge in [0.15, 0.2) is 0 Å². The van der Waals surface area contributed by atoms with E-state index in [1.807, 2.05) is 0 Å². The Balaban J connectivity index is 1.60. The molecular formula is C15H22N2. The monoisotopic (exact) mass is 230 g/mol. The van der Waals surface area contributed by atoms with E-state index in [1.54, 1.807) is 0 Å². The fourth-order valence-electron chi connectivity index (χ4n) is 3.31. The van der Waals surface area contributed by atoms with Crippen LogP contribution < -0.4 is 5.32 Å². The zero-order chi connectivity index (χ0) is 11.6. The fourth-order valence-corrected chi connectivity index (χ4v) is 3.31. The summed E-state index contributed by atoms with van der Waals surface area (Å²) in [7, 11) is 0. The highest BCUT2D eigenvalue weighted by molar-refractivity contribution is 5.15. The fraction of sp³-hybridized carbons (Fsp3) is 0.600. The molecular weight excluding hydrogens is 208 g/mol. The Hall–Kier alpha value is -0.860. The van der Waals surface area contributed by atoms with Crippen molar-refractivity contribution in [1.29, 1.82) is 0 Å². The molecule has 0 aromatic heterocycles. The van der Waals surface area contributed by atoms with E-state index in [0.717, 1.165) is 6.54 Å². The second kappa shape index (κ2) is 4.79. The van der Waals surface area contributed by atoms with E-state index >= 15 is 0 Å². The molecule has 3 rings (SSSR count). The zero-order valence-electron chi connectivity index (χ0n) is 10.5. The highest BCUT2D eigenvalue weighted by Gasteiger charge is 2.38. The van der Waals surface area contributed by atoms with E-state index in [-0.39, 0.29) is 0 Å². The van der Waals surface area contributed by atoms with E-state index < -0.39 is 0 Å². The molecule has 0 bridgehead atoms. The Morgan fingerprint density at radius 2 is 2.00 bits per heavy atom. The van der Waals surface area contributed by atoms with Gasteiger partial charge in [0.2, 0.25) is 0 Å². The number of benzene rings is 1. The summed E-state index contributed by atoms with van der Waals surface area (Å²) in [6.45, 7) is 4.83. The minimum absolute atomic E-state index is 0.451. The maximum atomic E-state index is 3.77. The van der Waals surface area contributed by atoms with Crippen molar-refractivity contribution >= 4 is 0 Å². The number of piperidine rings is 1. The van der Waals surface area contributed by atoms with Crippen LogP contribution in [0, 0.1) is 0 Å². The third kappa shape index (κ3) is 2.53. The molecule has 1 aromatic carbocycles. The molecule has 1 aromatic rings. The van der Waals surface area contributed by atoms with Crippen LogP contribution in [0.2, 0.25) is 0 Å². The predicted molar refractivity (Wildman–Crippen MR) is 70.9 cm³/mol. The molecule has 2 fully saturated rings. The second-order valence-corrected chi connectivity index (χ2v) is 5.61. The minimum atomic E-state index is 0.451. The first-order chi connectivity index (χ1) is 8.36. The van der Waals surface area contributed by atoms with Gasteiger partial charge in [-0.3, -0.25) is 4.90 Å². The molecule has 2 heterocycles. The highest BCUT2D eigenvalue weighted by atomic mass is 15.2. The molecule has 2 nitrogen and oxygen atoms in total. The lowest BCUT2D eigenvalue weighted by Crippen LogP contribution is -2.50. The van der Waals surface area contributed by atoms with Crippen LogP contribution in [0.5, 0.6) is 0 Å². The SMILES string of the molecule is c1ccc(CN2CCC3(CCCCN3)C2)cc1. The van der Waals surface area contributed by atoms with Gasteiger partial charge in [-0.1, -0.05) is 36.8 Å². The van der Waals surface area contributed by atoms with E-state index in [2.05, 4.69) is 40.5 Å².